The van der Waals surface area contributed by atoms with E-state index in [0.717, 1.165) is 25.7 Å². The zero-order chi connectivity index (χ0) is 19.5. The quantitative estimate of drug-likeness (QED) is 0.537. The summed E-state index contributed by atoms with van der Waals surface area (Å²) in [6, 6.07) is 0. The Morgan fingerprint density at radius 3 is 2.35 bits per heavy atom. The summed E-state index contributed by atoms with van der Waals surface area (Å²) in [6.07, 6.45) is 5.59. The Balaban J connectivity index is 2.06. The largest absolute Gasteiger partial charge is 0.461 e. The first kappa shape index (κ1) is 19.6. The second-order valence-corrected chi connectivity index (χ2v) is 9.93. The van der Waals surface area contributed by atoms with Gasteiger partial charge in [0.2, 0.25) is 0 Å². The molecule has 0 aromatic rings. The summed E-state index contributed by atoms with van der Waals surface area (Å²) in [5.41, 5.74) is -1.27. The van der Waals surface area contributed by atoms with Crippen molar-refractivity contribution in [2.24, 2.45) is 22.7 Å². The van der Waals surface area contributed by atoms with Gasteiger partial charge in [-0.2, -0.15) is 0 Å². The van der Waals surface area contributed by atoms with E-state index in [1.54, 1.807) is 0 Å². The highest BCUT2D eigenvalue weighted by Crippen LogP contribution is 2.65. The summed E-state index contributed by atoms with van der Waals surface area (Å²) < 4.78 is 12.4. The minimum Gasteiger partial charge on any atom is -0.461 e. The van der Waals surface area contributed by atoms with Crippen LogP contribution in [0.4, 0.5) is 0 Å². The SMILES string of the molecule is C=C[C@@]1(C)CCC2[C@@]3(C)C(CC[C@]2(C)O1)C(C)(C)C(=O)C[C@@H]3OC(C)=O. The zero-order valence-corrected chi connectivity index (χ0v) is 17.2. The van der Waals surface area contributed by atoms with Crippen LogP contribution >= 0.6 is 0 Å². The topological polar surface area (TPSA) is 52.6 Å². The van der Waals surface area contributed by atoms with Crippen LogP contribution in [0.15, 0.2) is 12.7 Å². The molecule has 0 bridgehead atoms. The lowest BCUT2D eigenvalue weighted by Crippen LogP contribution is -2.68. The molecule has 0 amide bonds. The fourth-order valence-corrected chi connectivity index (χ4v) is 6.52. The molecule has 26 heavy (non-hydrogen) atoms. The number of fused-ring (bicyclic) bond motifs is 3. The Hall–Kier alpha value is -1.16. The Kier molecular flexibility index (Phi) is 4.46. The normalized spacial score (nSPS) is 47.5. The van der Waals surface area contributed by atoms with E-state index < -0.39 is 5.41 Å². The predicted molar refractivity (Wildman–Crippen MR) is 101 cm³/mol. The van der Waals surface area contributed by atoms with E-state index in [4.69, 9.17) is 9.47 Å². The molecule has 3 fully saturated rings. The lowest BCUT2D eigenvalue weighted by atomic mass is 9.43. The lowest BCUT2D eigenvalue weighted by molar-refractivity contribution is -0.271. The molecule has 1 aliphatic heterocycles. The molecule has 0 aromatic heterocycles. The van der Waals surface area contributed by atoms with Crippen molar-refractivity contribution < 1.29 is 19.1 Å². The highest BCUT2D eigenvalue weighted by Gasteiger charge is 2.67. The summed E-state index contributed by atoms with van der Waals surface area (Å²) in [4.78, 5) is 24.7. The third-order valence-corrected chi connectivity index (χ3v) is 7.96. The molecule has 1 heterocycles. The predicted octanol–water partition coefficient (Wildman–Crippen LogP) is 4.46. The number of esters is 1. The van der Waals surface area contributed by atoms with Crippen LogP contribution in [-0.4, -0.2) is 29.1 Å². The molecule has 4 heteroatoms. The van der Waals surface area contributed by atoms with Gasteiger partial charge in [-0.15, -0.1) is 6.58 Å². The van der Waals surface area contributed by atoms with E-state index in [1.165, 1.54) is 6.92 Å². The maximum absolute atomic E-state index is 12.9. The molecule has 1 saturated heterocycles. The van der Waals surface area contributed by atoms with Crippen molar-refractivity contribution in [3.8, 4) is 0 Å². The van der Waals surface area contributed by atoms with Gasteiger partial charge in [0, 0.05) is 24.2 Å². The van der Waals surface area contributed by atoms with Crippen LogP contribution in [-0.2, 0) is 19.1 Å². The average molecular weight is 363 g/mol. The van der Waals surface area contributed by atoms with Gasteiger partial charge in [-0.3, -0.25) is 9.59 Å². The van der Waals surface area contributed by atoms with Crippen LogP contribution in [0, 0.1) is 22.7 Å². The van der Waals surface area contributed by atoms with E-state index in [9.17, 15) is 9.59 Å². The fraction of sp³-hybridized carbons (Fsp3) is 0.818. The van der Waals surface area contributed by atoms with Crippen LogP contribution in [0.3, 0.4) is 0 Å². The first-order chi connectivity index (χ1) is 11.9. The van der Waals surface area contributed by atoms with Crippen molar-refractivity contribution in [1.29, 1.82) is 0 Å². The number of hydrogen-bond acceptors (Lipinski definition) is 4. The molecule has 6 atom stereocenters. The van der Waals surface area contributed by atoms with Crippen LogP contribution < -0.4 is 0 Å². The fourth-order valence-electron chi connectivity index (χ4n) is 6.52. The molecule has 3 aliphatic rings. The average Bonchev–Trinajstić information content (AvgIpc) is 2.51. The monoisotopic (exact) mass is 362 g/mol. The second-order valence-electron chi connectivity index (χ2n) is 9.93. The molecule has 3 rings (SSSR count). The van der Waals surface area contributed by atoms with Crippen molar-refractivity contribution in [3.05, 3.63) is 12.7 Å². The summed E-state index contributed by atoms with van der Waals surface area (Å²) in [5.74, 6) is 0.346. The minimum atomic E-state index is -0.397. The van der Waals surface area contributed by atoms with Gasteiger partial charge in [0.05, 0.1) is 11.2 Å². The standard InChI is InChI=1S/C22H34O4/c1-8-20(5)11-9-16-21(6,26-20)12-10-15-19(3,4)17(24)13-18(22(15,16)7)25-14(2)23/h8,15-16,18H,1,9-13H2,2-7H3/t15?,16?,18-,20-,21-,22+/m0/s1. The molecule has 2 unspecified atom stereocenters. The van der Waals surface area contributed by atoms with Crippen molar-refractivity contribution in [1.82, 2.24) is 0 Å². The van der Waals surface area contributed by atoms with Gasteiger partial charge in [0.1, 0.15) is 11.9 Å². The Morgan fingerprint density at radius 2 is 1.77 bits per heavy atom. The van der Waals surface area contributed by atoms with E-state index in [1.807, 2.05) is 6.08 Å². The molecule has 0 spiro atoms. The minimum absolute atomic E-state index is 0.190. The highest BCUT2D eigenvalue weighted by atomic mass is 16.5. The maximum Gasteiger partial charge on any atom is 0.302 e. The summed E-state index contributed by atoms with van der Waals surface area (Å²) in [7, 11) is 0. The van der Waals surface area contributed by atoms with Crippen LogP contribution in [0.5, 0.6) is 0 Å². The number of Topliss-reactive ketones (excluding diaryl/α,β-unsaturated/α-hetero) is 1. The van der Waals surface area contributed by atoms with Gasteiger partial charge in [-0.1, -0.05) is 26.8 Å². The van der Waals surface area contributed by atoms with E-state index in [0.29, 0.717) is 6.42 Å². The van der Waals surface area contributed by atoms with Gasteiger partial charge >= 0.3 is 5.97 Å². The summed E-state index contributed by atoms with van der Waals surface area (Å²) in [5, 5.41) is 0. The first-order valence-corrected chi connectivity index (χ1v) is 9.93. The maximum atomic E-state index is 12.9. The molecule has 4 nitrogen and oxygen atoms in total. The Bertz CT molecular complexity index is 638. The van der Waals surface area contributed by atoms with Crippen molar-refractivity contribution in [2.75, 3.05) is 0 Å². The third-order valence-electron chi connectivity index (χ3n) is 7.96. The van der Waals surface area contributed by atoms with E-state index >= 15 is 0 Å². The number of rotatable bonds is 2. The second kappa shape index (κ2) is 5.92. The third kappa shape index (κ3) is 2.67. The van der Waals surface area contributed by atoms with Crippen molar-refractivity contribution in [3.63, 3.8) is 0 Å². The van der Waals surface area contributed by atoms with Crippen molar-refractivity contribution >= 4 is 11.8 Å². The number of carbonyl (C=O) groups excluding carboxylic acids is 2. The van der Waals surface area contributed by atoms with Crippen molar-refractivity contribution in [2.45, 2.75) is 91.0 Å². The number of carbonyl (C=O) groups is 2. The summed E-state index contributed by atoms with van der Waals surface area (Å²) in [6.45, 7) is 16.1. The molecular weight excluding hydrogens is 328 g/mol. The Labute approximate surface area is 157 Å². The Morgan fingerprint density at radius 1 is 1.15 bits per heavy atom. The first-order valence-electron chi connectivity index (χ1n) is 9.93. The summed E-state index contributed by atoms with van der Waals surface area (Å²) >= 11 is 0. The van der Waals surface area contributed by atoms with Gasteiger partial charge in [0.15, 0.2) is 0 Å². The van der Waals surface area contributed by atoms with Crippen LogP contribution in [0.1, 0.15) is 73.6 Å². The van der Waals surface area contributed by atoms with Gasteiger partial charge in [0.25, 0.3) is 0 Å². The number of ether oxygens (including phenoxy) is 2. The molecule has 0 aromatic carbocycles. The zero-order valence-electron chi connectivity index (χ0n) is 17.2. The molecule has 0 N–H and O–H groups in total. The highest BCUT2D eigenvalue weighted by molar-refractivity contribution is 5.86. The van der Waals surface area contributed by atoms with Gasteiger partial charge in [-0.25, -0.2) is 0 Å². The van der Waals surface area contributed by atoms with Crippen LogP contribution in [0.2, 0.25) is 0 Å². The molecule has 2 saturated carbocycles. The molecule has 146 valence electrons. The van der Waals surface area contributed by atoms with E-state index in [2.05, 4.69) is 41.2 Å². The number of hydrogen-bond donors (Lipinski definition) is 0. The smallest absolute Gasteiger partial charge is 0.302 e. The molecule has 2 aliphatic carbocycles. The van der Waals surface area contributed by atoms with Gasteiger partial charge in [-0.05, 0) is 51.4 Å². The van der Waals surface area contributed by atoms with Gasteiger partial charge < -0.3 is 9.47 Å². The van der Waals surface area contributed by atoms with Crippen LogP contribution in [0.25, 0.3) is 0 Å². The number of ketones is 1. The molecular formula is C22H34O4. The molecule has 0 radical (unpaired) electrons. The lowest BCUT2D eigenvalue weighted by Gasteiger charge is -2.66. The van der Waals surface area contributed by atoms with E-state index in [-0.39, 0.29) is 46.3 Å².